The number of pyridine rings is 1. The average molecular weight is 780 g/mol. The number of aliphatic hydroxyl groups excluding tert-OH is 1. The molecule has 14 nitrogen and oxygen atoms in total. The van der Waals surface area contributed by atoms with Crippen LogP contribution in [-0.2, 0) is 39.7 Å². The maximum atomic E-state index is 16.8. The molecular weight excluding hydrogens is 720 g/mol. The number of fused-ring (bicyclic) bond motifs is 1. The van der Waals surface area contributed by atoms with Crippen molar-refractivity contribution in [2.24, 2.45) is 22.7 Å². The van der Waals surface area contributed by atoms with Crippen LogP contribution < -0.4 is 0 Å². The zero-order valence-corrected chi connectivity index (χ0v) is 33.7. The molecule has 5 rings (SSSR count). The van der Waals surface area contributed by atoms with E-state index in [0.717, 1.165) is 12.5 Å². The minimum atomic E-state index is -3.29. The number of aliphatic imine (C=N–C) groups is 1. The maximum absolute atomic E-state index is 16.8. The molecule has 5 heterocycles. The van der Waals surface area contributed by atoms with Gasteiger partial charge < -0.3 is 33.7 Å². The summed E-state index contributed by atoms with van der Waals surface area (Å²) in [6.07, 6.45) is -1.14. The highest BCUT2D eigenvalue weighted by atomic mass is 19.1. The number of nitrogens with zero attached hydrogens (tertiary/aromatic N) is 5. The van der Waals surface area contributed by atoms with Crippen LogP contribution in [0, 0.1) is 17.8 Å². The zero-order chi connectivity index (χ0) is 40.6. The largest absolute Gasteiger partial charge is 0.452 e. The fourth-order valence-electron chi connectivity index (χ4n) is 9.06. The molecule has 4 aliphatic heterocycles. The van der Waals surface area contributed by atoms with Crippen molar-refractivity contribution in [3.05, 3.63) is 30.1 Å². The molecule has 1 amide bonds. The van der Waals surface area contributed by atoms with E-state index in [-0.39, 0.29) is 25.2 Å². The molecule has 3 saturated heterocycles. The van der Waals surface area contributed by atoms with E-state index in [1.807, 2.05) is 51.9 Å². The number of amides is 1. The number of aromatic nitrogens is 1. The molecule has 0 radical (unpaired) electrons. The van der Waals surface area contributed by atoms with Crippen molar-refractivity contribution >= 4 is 23.6 Å². The SMILES string of the molecule is CO[C@@]1(C)C[C@@H](C)C2=NCN(CCCc3cccnc3)N3C(=O)O[C@](C)([C@H](CF)OC(=O)C(C)(F)C(=O)[C@H](C)[C@H]1O[C@@H]1O[C@H](C)C[C@H](N(C)C)[C@H]1O)[C@H]3[C@@H]2C. The van der Waals surface area contributed by atoms with Gasteiger partial charge in [-0.3, -0.25) is 14.8 Å². The van der Waals surface area contributed by atoms with Crippen molar-refractivity contribution in [1.82, 2.24) is 19.9 Å². The number of hydrogen-bond donors (Lipinski definition) is 1. The number of rotatable bonds is 9. The number of aliphatic hydroxyl groups is 1. The number of methoxy groups -OCH3 is 1. The Morgan fingerprint density at radius 2 is 1.82 bits per heavy atom. The van der Waals surface area contributed by atoms with Crippen LogP contribution in [0.4, 0.5) is 13.6 Å². The van der Waals surface area contributed by atoms with Gasteiger partial charge in [-0.25, -0.2) is 23.4 Å². The predicted molar refractivity (Wildman–Crippen MR) is 197 cm³/mol. The third kappa shape index (κ3) is 8.31. The Kier molecular flexibility index (Phi) is 13.1. The Morgan fingerprint density at radius 3 is 2.44 bits per heavy atom. The third-order valence-corrected chi connectivity index (χ3v) is 12.2. The van der Waals surface area contributed by atoms with E-state index >= 15 is 8.78 Å². The first kappa shape index (κ1) is 43.0. The van der Waals surface area contributed by atoms with E-state index in [2.05, 4.69) is 4.98 Å². The summed E-state index contributed by atoms with van der Waals surface area (Å²) in [5, 5.41) is 14.6. The molecule has 1 aromatic rings. The van der Waals surface area contributed by atoms with Gasteiger partial charge in [-0.05, 0) is 85.0 Å². The number of carbonyl (C=O) groups excluding carboxylic acids is 3. The van der Waals surface area contributed by atoms with Gasteiger partial charge in [0.15, 0.2) is 23.8 Å². The number of hydrogen-bond acceptors (Lipinski definition) is 13. The van der Waals surface area contributed by atoms with E-state index in [0.29, 0.717) is 31.5 Å². The van der Waals surface area contributed by atoms with Crippen molar-refractivity contribution < 1.29 is 52.0 Å². The Bertz CT molecular complexity index is 1570. The molecule has 4 aliphatic rings. The van der Waals surface area contributed by atoms with Gasteiger partial charge in [0.05, 0.1) is 17.8 Å². The summed E-state index contributed by atoms with van der Waals surface area (Å²) in [5.74, 6) is -5.21. The van der Waals surface area contributed by atoms with Gasteiger partial charge in [-0.15, -0.1) is 0 Å². The van der Waals surface area contributed by atoms with E-state index in [1.54, 1.807) is 24.3 Å². The minimum Gasteiger partial charge on any atom is -0.452 e. The van der Waals surface area contributed by atoms with Crippen LogP contribution in [0.25, 0.3) is 0 Å². The molecule has 1 unspecified atom stereocenters. The number of esters is 1. The first-order valence-corrected chi connectivity index (χ1v) is 19.2. The van der Waals surface area contributed by atoms with E-state index in [1.165, 1.54) is 26.0 Å². The summed E-state index contributed by atoms with van der Waals surface area (Å²) in [5.41, 5.74) is -4.80. The van der Waals surface area contributed by atoms with E-state index in [4.69, 9.17) is 28.7 Å². The maximum Gasteiger partial charge on any atom is 0.425 e. The van der Waals surface area contributed by atoms with Crippen LogP contribution >= 0.6 is 0 Å². The van der Waals surface area contributed by atoms with Crippen molar-refractivity contribution in [3.8, 4) is 0 Å². The van der Waals surface area contributed by atoms with Crippen LogP contribution in [0.1, 0.15) is 73.3 Å². The van der Waals surface area contributed by atoms with Gasteiger partial charge in [0, 0.05) is 49.6 Å². The molecule has 55 heavy (non-hydrogen) atoms. The first-order chi connectivity index (χ1) is 25.8. The lowest BCUT2D eigenvalue weighted by molar-refractivity contribution is -0.295. The Balaban J connectivity index is 1.59. The molecule has 3 fully saturated rings. The fraction of sp³-hybridized carbons (Fsp3) is 0.769. The van der Waals surface area contributed by atoms with Gasteiger partial charge in [-0.1, -0.05) is 26.8 Å². The number of ether oxygens (including phenoxy) is 5. The highest BCUT2D eigenvalue weighted by Crippen LogP contribution is 2.45. The second-order valence-electron chi connectivity index (χ2n) is 16.5. The van der Waals surface area contributed by atoms with Crippen LogP contribution in [0.2, 0.25) is 0 Å². The van der Waals surface area contributed by atoms with Crippen molar-refractivity contribution in [2.45, 2.75) is 134 Å². The number of aryl methyl sites for hydroxylation is 1. The average Bonchev–Trinajstić information content (AvgIpc) is 3.31. The smallest absolute Gasteiger partial charge is 0.425 e. The summed E-state index contributed by atoms with van der Waals surface area (Å²) in [6.45, 7) is 10.1. The second-order valence-corrected chi connectivity index (χ2v) is 16.5. The van der Waals surface area contributed by atoms with Gasteiger partial charge >= 0.3 is 12.1 Å². The lowest BCUT2D eigenvalue weighted by Gasteiger charge is -2.47. The van der Waals surface area contributed by atoms with Crippen molar-refractivity contribution in [2.75, 3.05) is 41.1 Å². The van der Waals surface area contributed by atoms with Crippen LogP contribution in [-0.4, -0.2) is 149 Å². The van der Waals surface area contributed by atoms with Gasteiger partial charge in [0.2, 0.25) is 0 Å². The summed E-state index contributed by atoms with van der Waals surface area (Å²) in [4.78, 5) is 52.9. The normalized spacial score (nSPS) is 40.7. The molecule has 1 aromatic heterocycles. The molecule has 2 bridgehead atoms. The van der Waals surface area contributed by atoms with Crippen molar-refractivity contribution in [1.29, 1.82) is 0 Å². The topological polar surface area (TPSA) is 153 Å². The molecule has 308 valence electrons. The standard InChI is InChI=1S/C39H59F2N5O9/c1-22-18-37(5,51-10)33(54-34-30(47)27(44(8)9)17-23(2)52-34)25(4)32(48)38(6,41)35(49)53-28(19-40)39(7)31-24(3)29(22)43-21-45(46(31)36(50)55-39)16-12-14-26-13-11-15-42-20-26/h11,13,15,20,22-25,27-28,30-31,33-34,47H,12,14,16-19,21H2,1-10H3/t22-,23-,24-,25+,27+,28+,30-,31-,33-,34+,37+,38?,39-/m1/s1. The number of ketones is 1. The number of halogens is 2. The molecule has 0 aliphatic carbocycles. The molecule has 16 heteroatoms. The Labute approximate surface area is 322 Å². The Morgan fingerprint density at radius 1 is 1.11 bits per heavy atom. The lowest BCUT2D eigenvalue weighted by Crippen LogP contribution is -2.62. The van der Waals surface area contributed by atoms with E-state index in [9.17, 15) is 19.5 Å². The number of likely N-dealkylation sites (N-methyl/N-ethyl adjacent to an activating group) is 1. The molecule has 0 spiro atoms. The monoisotopic (exact) mass is 779 g/mol. The summed E-state index contributed by atoms with van der Waals surface area (Å²) in [7, 11) is 5.11. The van der Waals surface area contributed by atoms with Crippen LogP contribution in [0.5, 0.6) is 0 Å². The summed E-state index contributed by atoms with van der Waals surface area (Å²) >= 11 is 0. The van der Waals surface area contributed by atoms with Crippen LogP contribution in [0.3, 0.4) is 0 Å². The highest BCUT2D eigenvalue weighted by molar-refractivity contribution is 6.08. The van der Waals surface area contributed by atoms with E-state index < -0.39 is 89.8 Å². The Hall–Kier alpha value is -3.15. The second kappa shape index (κ2) is 16.8. The highest BCUT2D eigenvalue weighted by Gasteiger charge is 2.63. The summed E-state index contributed by atoms with van der Waals surface area (Å²) in [6, 6.07) is 2.51. The van der Waals surface area contributed by atoms with Gasteiger partial charge in [-0.2, -0.15) is 5.01 Å². The molecular formula is C39H59F2N5O9. The lowest BCUT2D eigenvalue weighted by atomic mass is 9.73. The quantitative estimate of drug-likeness (QED) is 0.286. The third-order valence-electron chi connectivity index (χ3n) is 12.2. The first-order valence-electron chi connectivity index (χ1n) is 19.2. The minimum absolute atomic E-state index is 0.0613. The molecule has 13 atom stereocenters. The zero-order valence-electron chi connectivity index (χ0n) is 33.7. The number of hydrazine groups is 1. The van der Waals surface area contributed by atoms with Gasteiger partial charge in [0.1, 0.15) is 25.5 Å². The van der Waals surface area contributed by atoms with Gasteiger partial charge in [0.25, 0.3) is 5.67 Å². The summed E-state index contributed by atoms with van der Waals surface area (Å²) < 4.78 is 62.3. The fourth-order valence-corrected chi connectivity index (χ4v) is 9.06. The molecule has 0 aromatic carbocycles. The van der Waals surface area contributed by atoms with Crippen molar-refractivity contribution in [3.63, 3.8) is 0 Å². The number of alkyl halides is 2. The number of Topliss-reactive ketones (excluding diaryl/α,β-unsaturated/α-hetero) is 1. The number of carbonyl (C=O) groups is 3. The molecule has 1 N–H and O–H groups in total. The van der Waals surface area contributed by atoms with Crippen LogP contribution in [0.15, 0.2) is 29.5 Å². The number of cyclic esters (lactones) is 1. The predicted octanol–water partition coefficient (Wildman–Crippen LogP) is 3.93. The molecule has 0 saturated carbocycles.